The molecule has 1 aromatic carbocycles. The molecule has 0 amide bonds. The summed E-state index contributed by atoms with van der Waals surface area (Å²) in [5, 5.41) is 3.22. The highest BCUT2D eigenvalue weighted by atomic mass is 19.1. The maximum Gasteiger partial charge on any atom is 0.326 e. The molecule has 3 nitrogen and oxygen atoms in total. The van der Waals surface area contributed by atoms with Crippen molar-refractivity contribution in [3.8, 4) is 0 Å². The second-order valence-electron chi connectivity index (χ2n) is 4.41. The predicted molar refractivity (Wildman–Crippen MR) is 62.1 cm³/mol. The number of hydrogen-bond donors (Lipinski definition) is 1. The molecule has 0 bridgehead atoms. The van der Waals surface area contributed by atoms with Crippen molar-refractivity contribution in [3.63, 3.8) is 0 Å². The highest BCUT2D eigenvalue weighted by Crippen LogP contribution is 2.25. The first-order valence-corrected chi connectivity index (χ1v) is 5.74. The average Bonchev–Trinajstić information content (AvgIpc) is 2.81. The largest absolute Gasteiger partial charge is 0.468 e. The first-order chi connectivity index (χ1) is 8.16. The van der Waals surface area contributed by atoms with Crippen molar-refractivity contribution in [2.45, 2.75) is 24.8 Å². The minimum absolute atomic E-state index is 0.237. The Balaban J connectivity index is 2.18. The summed E-state index contributed by atoms with van der Waals surface area (Å²) in [6, 6.07) is 6.24. The maximum absolute atomic E-state index is 12.8. The molecule has 1 heterocycles. The predicted octanol–water partition coefficient (Wildman–Crippen LogP) is 1.66. The van der Waals surface area contributed by atoms with Gasteiger partial charge in [-0.2, -0.15) is 0 Å². The van der Waals surface area contributed by atoms with Gasteiger partial charge in [-0.1, -0.05) is 12.1 Å². The molecule has 0 radical (unpaired) electrons. The van der Waals surface area contributed by atoms with Gasteiger partial charge in [-0.05, 0) is 37.1 Å². The Hall–Kier alpha value is -1.42. The number of carbonyl (C=O) groups excluding carboxylic acids is 1. The molecule has 4 heteroatoms. The fraction of sp³-hybridized carbons (Fsp3) is 0.462. The minimum atomic E-state index is -0.632. The van der Waals surface area contributed by atoms with Gasteiger partial charge in [0.25, 0.3) is 0 Å². The Morgan fingerprint density at radius 2 is 2.18 bits per heavy atom. The number of ether oxygens (including phenoxy) is 1. The van der Waals surface area contributed by atoms with E-state index in [9.17, 15) is 9.18 Å². The van der Waals surface area contributed by atoms with Gasteiger partial charge in [-0.3, -0.25) is 4.79 Å². The molecule has 0 aliphatic carbocycles. The van der Waals surface area contributed by atoms with Crippen LogP contribution in [0, 0.1) is 5.82 Å². The summed E-state index contributed by atoms with van der Waals surface area (Å²) in [5.41, 5.74) is 0.304. The molecule has 1 saturated heterocycles. The lowest BCUT2D eigenvalue weighted by Crippen LogP contribution is -2.50. The molecular formula is C13H16FNO2. The van der Waals surface area contributed by atoms with Gasteiger partial charge in [-0.25, -0.2) is 4.39 Å². The van der Waals surface area contributed by atoms with E-state index >= 15 is 0 Å². The van der Waals surface area contributed by atoms with Crippen molar-refractivity contribution in [3.05, 3.63) is 35.6 Å². The molecule has 92 valence electrons. The van der Waals surface area contributed by atoms with Crippen LogP contribution in [0.15, 0.2) is 24.3 Å². The maximum atomic E-state index is 12.8. The fourth-order valence-corrected chi connectivity index (χ4v) is 2.35. The van der Waals surface area contributed by atoms with Crippen LogP contribution in [0.25, 0.3) is 0 Å². The zero-order chi connectivity index (χ0) is 12.3. The highest BCUT2D eigenvalue weighted by Gasteiger charge is 2.41. The lowest BCUT2D eigenvalue weighted by Gasteiger charge is -2.26. The van der Waals surface area contributed by atoms with Crippen molar-refractivity contribution in [2.75, 3.05) is 13.7 Å². The van der Waals surface area contributed by atoms with E-state index in [-0.39, 0.29) is 11.8 Å². The number of benzene rings is 1. The molecule has 1 atom stereocenters. The monoisotopic (exact) mass is 237 g/mol. The smallest absolute Gasteiger partial charge is 0.326 e. The molecule has 1 unspecified atom stereocenters. The van der Waals surface area contributed by atoms with E-state index in [1.165, 1.54) is 19.2 Å². The van der Waals surface area contributed by atoms with Gasteiger partial charge in [0.2, 0.25) is 0 Å². The van der Waals surface area contributed by atoms with Crippen molar-refractivity contribution < 1.29 is 13.9 Å². The van der Waals surface area contributed by atoms with Crippen LogP contribution < -0.4 is 5.32 Å². The number of methoxy groups -OCH3 is 1. The number of rotatable bonds is 3. The molecule has 1 aromatic rings. The molecule has 1 fully saturated rings. The van der Waals surface area contributed by atoms with Gasteiger partial charge < -0.3 is 10.1 Å². The van der Waals surface area contributed by atoms with Crippen LogP contribution in [0.4, 0.5) is 4.39 Å². The van der Waals surface area contributed by atoms with Gasteiger partial charge in [0.05, 0.1) is 7.11 Å². The summed E-state index contributed by atoms with van der Waals surface area (Å²) in [4.78, 5) is 11.8. The Morgan fingerprint density at radius 1 is 1.47 bits per heavy atom. The second-order valence-corrected chi connectivity index (χ2v) is 4.41. The summed E-state index contributed by atoms with van der Waals surface area (Å²) in [6.07, 6.45) is 2.26. The number of halogens is 1. The Bertz CT molecular complexity index is 396. The second kappa shape index (κ2) is 4.84. The van der Waals surface area contributed by atoms with Crippen LogP contribution in [0.3, 0.4) is 0 Å². The van der Waals surface area contributed by atoms with Gasteiger partial charge in [-0.15, -0.1) is 0 Å². The number of hydrogen-bond acceptors (Lipinski definition) is 3. The third kappa shape index (κ3) is 2.47. The summed E-state index contributed by atoms with van der Waals surface area (Å²) in [7, 11) is 1.40. The van der Waals surface area contributed by atoms with Crippen LogP contribution in [0.1, 0.15) is 18.4 Å². The van der Waals surface area contributed by atoms with E-state index in [0.29, 0.717) is 6.42 Å². The first kappa shape index (κ1) is 12.0. The SMILES string of the molecule is COC(=O)C1(Cc2ccc(F)cc2)CCCN1. The molecule has 17 heavy (non-hydrogen) atoms. The summed E-state index contributed by atoms with van der Waals surface area (Å²) < 4.78 is 17.7. The fourth-order valence-electron chi connectivity index (χ4n) is 2.35. The Labute approximate surface area is 100.0 Å². The summed E-state index contributed by atoms with van der Waals surface area (Å²) in [6.45, 7) is 0.816. The van der Waals surface area contributed by atoms with Gasteiger partial charge in [0.1, 0.15) is 11.4 Å². The van der Waals surface area contributed by atoms with Crippen molar-refractivity contribution in [1.29, 1.82) is 0 Å². The molecule has 1 aliphatic heterocycles. The minimum Gasteiger partial charge on any atom is -0.468 e. The average molecular weight is 237 g/mol. The molecule has 0 spiro atoms. The van der Waals surface area contributed by atoms with E-state index in [2.05, 4.69) is 5.32 Å². The normalized spacial score (nSPS) is 23.6. The van der Waals surface area contributed by atoms with Crippen LogP contribution in [0.2, 0.25) is 0 Å². The van der Waals surface area contributed by atoms with E-state index in [4.69, 9.17) is 4.74 Å². The van der Waals surface area contributed by atoms with Crippen LogP contribution in [-0.4, -0.2) is 25.2 Å². The van der Waals surface area contributed by atoms with E-state index in [1.54, 1.807) is 12.1 Å². The summed E-state index contributed by atoms with van der Waals surface area (Å²) in [5.74, 6) is -0.500. The van der Waals surface area contributed by atoms with Gasteiger partial charge in [0, 0.05) is 6.42 Å². The third-order valence-electron chi connectivity index (χ3n) is 3.24. The summed E-state index contributed by atoms with van der Waals surface area (Å²) >= 11 is 0. The quantitative estimate of drug-likeness (QED) is 0.813. The molecular weight excluding hydrogens is 221 g/mol. The van der Waals surface area contributed by atoms with Crippen LogP contribution >= 0.6 is 0 Å². The van der Waals surface area contributed by atoms with E-state index in [0.717, 1.165) is 24.9 Å². The molecule has 1 aliphatic rings. The number of carbonyl (C=O) groups is 1. The van der Waals surface area contributed by atoms with Crippen molar-refractivity contribution in [2.24, 2.45) is 0 Å². The topological polar surface area (TPSA) is 38.3 Å². The number of esters is 1. The van der Waals surface area contributed by atoms with Crippen LogP contribution in [-0.2, 0) is 16.0 Å². The molecule has 0 aromatic heterocycles. The van der Waals surface area contributed by atoms with Crippen LogP contribution in [0.5, 0.6) is 0 Å². The lowest BCUT2D eigenvalue weighted by atomic mass is 9.89. The highest BCUT2D eigenvalue weighted by molar-refractivity contribution is 5.81. The zero-order valence-corrected chi connectivity index (χ0v) is 9.83. The molecule has 1 N–H and O–H groups in total. The van der Waals surface area contributed by atoms with Gasteiger partial charge in [0.15, 0.2) is 0 Å². The Morgan fingerprint density at radius 3 is 2.71 bits per heavy atom. The standard InChI is InChI=1S/C13H16FNO2/c1-17-12(16)13(7-2-8-15-13)9-10-3-5-11(14)6-4-10/h3-6,15H,2,7-9H2,1H3. The van der Waals surface area contributed by atoms with E-state index < -0.39 is 5.54 Å². The molecule has 0 saturated carbocycles. The van der Waals surface area contributed by atoms with Crippen molar-refractivity contribution >= 4 is 5.97 Å². The lowest BCUT2D eigenvalue weighted by molar-refractivity contribution is -0.148. The van der Waals surface area contributed by atoms with Crippen molar-refractivity contribution in [1.82, 2.24) is 5.32 Å². The molecule has 2 rings (SSSR count). The van der Waals surface area contributed by atoms with Gasteiger partial charge >= 0.3 is 5.97 Å². The third-order valence-corrected chi connectivity index (χ3v) is 3.24. The Kier molecular flexibility index (Phi) is 3.43. The number of nitrogens with one attached hydrogen (secondary N) is 1. The zero-order valence-electron chi connectivity index (χ0n) is 9.83. The first-order valence-electron chi connectivity index (χ1n) is 5.74. The van der Waals surface area contributed by atoms with E-state index in [1.807, 2.05) is 0 Å².